The first-order valence-electron chi connectivity index (χ1n) is 10.0. The van der Waals surface area contributed by atoms with Crippen LogP contribution < -0.4 is 4.74 Å². The number of likely N-dealkylation sites (tertiary alicyclic amines) is 1. The minimum absolute atomic E-state index is 0.0592. The van der Waals surface area contributed by atoms with Crippen molar-refractivity contribution in [2.24, 2.45) is 0 Å². The lowest BCUT2D eigenvalue weighted by Gasteiger charge is -2.33. The molecule has 154 valence electrons. The van der Waals surface area contributed by atoms with Crippen molar-refractivity contribution in [3.63, 3.8) is 0 Å². The molecule has 0 unspecified atom stereocenters. The fourth-order valence-electron chi connectivity index (χ4n) is 3.65. The molecule has 1 heterocycles. The second-order valence-electron chi connectivity index (χ2n) is 7.06. The Morgan fingerprint density at radius 3 is 2.76 bits per heavy atom. The number of carbonyl (C=O) groups excluding carboxylic acids is 1. The van der Waals surface area contributed by atoms with E-state index < -0.39 is 5.97 Å². The fraction of sp³-hybridized carbons (Fsp3) is 0.391. The number of carbonyl (C=O) groups is 2. The molecule has 0 aliphatic carbocycles. The van der Waals surface area contributed by atoms with Crippen molar-refractivity contribution in [3.05, 3.63) is 65.2 Å². The van der Waals surface area contributed by atoms with E-state index in [-0.39, 0.29) is 17.4 Å². The SMILES string of the molecule is CCOCCOc1ccccc1C(=O)N1CCC[C@@H](c2cccc(C(=O)O)c2)C1. The van der Waals surface area contributed by atoms with Gasteiger partial charge < -0.3 is 19.5 Å². The Kier molecular flexibility index (Phi) is 7.25. The highest BCUT2D eigenvalue weighted by Crippen LogP contribution is 2.29. The number of para-hydroxylation sites is 1. The number of carboxylic acids is 1. The third kappa shape index (κ3) is 5.35. The van der Waals surface area contributed by atoms with Crippen LogP contribution in [0, 0.1) is 0 Å². The van der Waals surface area contributed by atoms with Crippen molar-refractivity contribution >= 4 is 11.9 Å². The van der Waals surface area contributed by atoms with Gasteiger partial charge in [-0.1, -0.05) is 24.3 Å². The van der Waals surface area contributed by atoms with E-state index in [2.05, 4.69) is 0 Å². The topological polar surface area (TPSA) is 76.1 Å². The van der Waals surface area contributed by atoms with E-state index >= 15 is 0 Å². The molecule has 6 nitrogen and oxygen atoms in total. The maximum absolute atomic E-state index is 13.2. The largest absolute Gasteiger partial charge is 0.490 e. The van der Waals surface area contributed by atoms with E-state index in [0.717, 1.165) is 18.4 Å². The number of rotatable bonds is 8. The number of hydrogen-bond donors (Lipinski definition) is 1. The number of hydrogen-bond acceptors (Lipinski definition) is 4. The Morgan fingerprint density at radius 2 is 1.97 bits per heavy atom. The first-order chi connectivity index (χ1) is 14.1. The number of aromatic carboxylic acids is 1. The lowest BCUT2D eigenvalue weighted by Crippen LogP contribution is -2.39. The summed E-state index contributed by atoms with van der Waals surface area (Å²) in [6.07, 6.45) is 1.81. The molecular weight excluding hydrogens is 370 g/mol. The lowest BCUT2D eigenvalue weighted by molar-refractivity contribution is 0.0684. The highest BCUT2D eigenvalue weighted by atomic mass is 16.5. The van der Waals surface area contributed by atoms with E-state index in [1.807, 2.05) is 30.0 Å². The predicted molar refractivity (Wildman–Crippen MR) is 110 cm³/mol. The summed E-state index contributed by atoms with van der Waals surface area (Å²) in [6.45, 7) is 4.67. The molecule has 0 spiro atoms. The molecule has 1 aliphatic heterocycles. The average molecular weight is 397 g/mol. The van der Waals surface area contributed by atoms with Gasteiger partial charge in [-0.05, 0) is 49.6 Å². The smallest absolute Gasteiger partial charge is 0.335 e. The van der Waals surface area contributed by atoms with Crippen LogP contribution in [0.3, 0.4) is 0 Å². The quantitative estimate of drug-likeness (QED) is 0.686. The molecule has 2 aromatic carbocycles. The van der Waals surface area contributed by atoms with E-state index in [4.69, 9.17) is 9.47 Å². The zero-order valence-corrected chi connectivity index (χ0v) is 16.7. The molecule has 1 aliphatic rings. The highest BCUT2D eigenvalue weighted by molar-refractivity contribution is 5.97. The van der Waals surface area contributed by atoms with Crippen molar-refractivity contribution in [1.29, 1.82) is 0 Å². The molecule has 29 heavy (non-hydrogen) atoms. The van der Waals surface area contributed by atoms with Crippen molar-refractivity contribution in [2.75, 3.05) is 32.9 Å². The van der Waals surface area contributed by atoms with Crippen LogP contribution in [-0.4, -0.2) is 54.8 Å². The monoisotopic (exact) mass is 397 g/mol. The van der Waals surface area contributed by atoms with E-state index in [1.54, 1.807) is 30.3 Å². The Balaban J connectivity index is 1.72. The van der Waals surface area contributed by atoms with Gasteiger partial charge in [0, 0.05) is 25.6 Å². The molecule has 2 aromatic rings. The van der Waals surface area contributed by atoms with Crippen LogP contribution in [0.4, 0.5) is 0 Å². The second-order valence-corrected chi connectivity index (χ2v) is 7.06. The van der Waals surface area contributed by atoms with Crippen LogP contribution >= 0.6 is 0 Å². The molecule has 0 aromatic heterocycles. The molecule has 1 N–H and O–H groups in total. The Bertz CT molecular complexity index is 851. The van der Waals surface area contributed by atoms with Crippen LogP contribution in [0.5, 0.6) is 5.75 Å². The van der Waals surface area contributed by atoms with Gasteiger partial charge in [0.1, 0.15) is 12.4 Å². The van der Waals surface area contributed by atoms with Crippen molar-refractivity contribution < 1.29 is 24.2 Å². The Morgan fingerprint density at radius 1 is 1.14 bits per heavy atom. The fourth-order valence-corrected chi connectivity index (χ4v) is 3.65. The molecule has 0 bridgehead atoms. The average Bonchev–Trinajstić information content (AvgIpc) is 2.76. The Labute approximate surface area is 171 Å². The standard InChI is InChI=1S/C23H27NO5/c1-2-28-13-14-29-21-11-4-3-10-20(21)22(25)24-12-6-9-19(16-24)17-7-5-8-18(15-17)23(26)27/h3-5,7-8,10-11,15,19H,2,6,9,12-14,16H2,1H3,(H,26,27)/t19-/m1/s1. The van der Waals surface area contributed by atoms with E-state index in [0.29, 0.717) is 44.2 Å². The maximum atomic E-state index is 13.2. The van der Waals surface area contributed by atoms with Gasteiger partial charge in [0.05, 0.1) is 17.7 Å². The zero-order chi connectivity index (χ0) is 20.6. The van der Waals surface area contributed by atoms with Crippen LogP contribution in [0.2, 0.25) is 0 Å². The molecule has 1 atom stereocenters. The Hall–Kier alpha value is -2.86. The summed E-state index contributed by atoms with van der Waals surface area (Å²) >= 11 is 0. The number of amides is 1. The van der Waals surface area contributed by atoms with Crippen LogP contribution in [-0.2, 0) is 4.74 Å². The third-order valence-electron chi connectivity index (χ3n) is 5.12. The van der Waals surface area contributed by atoms with Crippen LogP contribution in [0.15, 0.2) is 48.5 Å². The normalized spacial score (nSPS) is 16.4. The summed E-state index contributed by atoms with van der Waals surface area (Å²) in [5, 5.41) is 9.24. The molecule has 1 amide bonds. The number of piperidine rings is 1. The summed E-state index contributed by atoms with van der Waals surface area (Å²) in [4.78, 5) is 26.3. The zero-order valence-electron chi connectivity index (χ0n) is 16.7. The maximum Gasteiger partial charge on any atom is 0.335 e. The van der Waals surface area contributed by atoms with Gasteiger partial charge in [-0.25, -0.2) is 4.79 Å². The molecule has 1 fully saturated rings. The van der Waals surface area contributed by atoms with Crippen molar-refractivity contribution in [2.45, 2.75) is 25.7 Å². The number of nitrogens with zero attached hydrogens (tertiary/aromatic N) is 1. The summed E-state index contributed by atoms with van der Waals surface area (Å²) in [7, 11) is 0. The summed E-state index contributed by atoms with van der Waals surface area (Å²) in [6, 6.07) is 14.3. The number of benzene rings is 2. The van der Waals surface area contributed by atoms with Crippen LogP contribution in [0.1, 0.15) is 52.0 Å². The number of carboxylic acid groups (broad SMARTS) is 1. The van der Waals surface area contributed by atoms with Gasteiger partial charge in [0.15, 0.2) is 0 Å². The second kappa shape index (κ2) is 10.1. The van der Waals surface area contributed by atoms with Gasteiger partial charge >= 0.3 is 5.97 Å². The van der Waals surface area contributed by atoms with E-state index in [9.17, 15) is 14.7 Å². The van der Waals surface area contributed by atoms with Crippen LogP contribution in [0.25, 0.3) is 0 Å². The van der Waals surface area contributed by atoms with Crippen molar-refractivity contribution in [3.8, 4) is 5.75 Å². The lowest BCUT2D eigenvalue weighted by atomic mass is 9.89. The molecular formula is C23H27NO5. The molecule has 3 rings (SSSR count). The van der Waals surface area contributed by atoms with Gasteiger partial charge in [-0.15, -0.1) is 0 Å². The minimum atomic E-state index is -0.936. The summed E-state index contributed by atoms with van der Waals surface area (Å²) in [5.74, 6) is -0.310. The molecule has 0 radical (unpaired) electrons. The third-order valence-corrected chi connectivity index (χ3v) is 5.12. The highest BCUT2D eigenvalue weighted by Gasteiger charge is 2.27. The van der Waals surface area contributed by atoms with Gasteiger partial charge in [-0.3, -0.25) is 4.79 Å². The predicted octanol–water partition coefficient (Wildman–Crippen LogP) is 3.82. The van der Waals surface area contributed by atoms with Gasteiger partial charge in [0.2, 0.25) is 0 Å². The van der Waals surface area contributed by atoms with Crippen molar-refractivity contribution in [1.82, 2.24) is 4.90 Å². The summed E-state index contributed by atoms with van der Waals surface area (Å²) in [5.41, 5.74) is 1.78. The van der Waals surface area contributed by atoms with Gasteiger partial charge in [-0.2, -0.15) is 0 Å². The minimum Gasteiger partial charge on any atom is -0.490 e. The first-order valence-corrected chi connectivity index (χ1v) is 10.0. The molecule has 6 heteroatoms. The molecule has 1 saturated heterocycles. The molecule has 0 saturated carbocycles. The van der Waals surface area contributed by atoms with E-state index in [1.165, 1.54) is 0 Å². The first kappa shape index (κ1) is 20.9. The van der Waals surface area contributed by atoms with Gasteiger partial charge in [0.25, 0.3) is 5.91 Å². The summed E-state index contributed by atoms with van der Waals surface area (Å²) < 4.78 is 11.1. The number of ether oxygens (including phenoxy) is 2.